The van der Waals surface area contributed by atoms with Gasteiger partial charge in [0.1, 0.15) is 11.6 Å². The van der Waals surface area contributed by atoms with E-state index in [0.29, 0.717) is 24.3 Å². The smallest absolute Gasteiger partial charge is 0.279 e. The van der Waals surface area contributed by atoms with Crippen LogP contribution in [0.1, 0.15) is 25.5 Å². The van der Waals surface area contributed by atoms with Crippen LogP contribution in [0.25, 0.3) is 0 Å². The maximum atomic E-state index is 13.4. The van der Waals surface area contributed by atoms with Gasteiger partial charge in [0.2, 0.25) is 0 Å². The van der Waals surface area contributed by atoms with E-state index in [0.717, 1.165) is 7.11 Å². The molecule has 0 radical (unpaired) electrons. The Morgan fingerprint density at radius 1 is 0.848 bits per heavy atom. The Hall–Kier alpha value is -3.06. The van der Waals surface area contributed by atoms with Gasteiger partial charge in [-0.2, -0.15) is 10.1 Å². The van der Waals surface area contributed by atoms with E-state index in [-0.39, 0.29) is 5.01 Å². The lowest BCUT2D eigenvalue weighted by Gasteiger charge is -2.20. The van der Waals surface area contributed by atoms with Gasteiger partial charge < -0.3 is 10.2 Å². The Morgan fingerprint density at radius 3 is 1.64 bits per heavy atom. The maximum Gasteiger partial charge on any atom is 0.279 e. The van der Waals surface area contributed by atoms with E-state index in [2.05, 4.69) is 5.10 Å². The molecular formula is C20H18F8N2O3. The molecule has 0 bridgehead atoms. The minimum absolute atomic E-state index is 0.0945. The molecule has 5 nitrogen and oxygen atoms in total. The molecule has 1 aliphatic rings. The van der Waals surface area contributed by atoms with E-state index < -0.39 is 76.2 Å². The number of hydrogen-bond donors (Lipinski definition) is 2. The molecule has 3 rings (SSSR count). The highest BCUT2D eigenvalue weighted by Crippen LogP contribution is 2.35. The summed E-state index contributed by atoms with van der Waals surface area (Å²) >= 11 is 0. The van der Waals surface area contributed by atoms with Crippen molar-refractivity contribution in [2.75, 3.05) is 12.1 Å². The molecule has 2 aromatic rings. The zero-order valence-corrected chi connectivity index (χ0v) is 17.3. The Morgan fingerprint density at radius 2 is 1.24 bits per heavy atom. The lowest BCUT2D eigenvalue weighted by molar-refractivity contribution is -0.122. The van der Waals surface area contributed by atoms with E-state index in [1.165, 1.54) is 0 Å². The fraction of sp³-hybridized carbons (Fsp3) is 0.300. The highest BCUT2D eigenvalue weighted by Gasteiger charge is 2.46. The van der Waals surface area contributed by atoms with Crippen LogP contribution in [-0.4, -0.2) is 35.4 Å². The molecule has 0 saturated carbocycles. The van der Waals surface area contributed by atoms with Gasteiger partial charge in [0.05, 0.1) is 11.8 Å². The number of carbonyl (C=O) groups is 1. The summed E-state index contributed by atoms with van der Waals surface area (Å²) in [6.07, 6.45) is -5.77. The van der Waals surface area contributed by atoms with Crippen LogP contribution in [-0.2, 0) is 4.79 Å². The first-order valence-corrected chi connectivity index (χ1v) is 9.15. The zero-order valence-electron chi connectivity index (χ0n) is 17.3. The summed E-state index contributed by atoms with van der Waals surface area (Å²) in [5.41, 5.74) is -2.81. The van der Waals surface area contributed by atoms with E-state index >= 15 is 0 Å². The number of nitrogens with zero attached hydrogens (tertiary/aromatic N) is 2. The van der Waals surface area contributed by atoms with Gasteiger partial charge in [-0.1, -0.05) is 13.8 Å². The van der Waals surface area contributed by atoms with Gasteiger partial charge in [0.25, 0.3) is 12.3 Å². The number of halogens is 8. The van der Waals surface area contributed by atoms with E-state index in [1.807, 2.05) is 13.8 Å². The van der Waals surface area contributed by atoms with Gasteiger partial charge in [0.15, 0.2) is 34.9 Å². The second-order valence-corrected chi connectivity index (χ2v) is 5.92. The van der Waals surface area contributed by atoms with Crippen molar-refractivity contribution in [3.63, 3.8) is 0 Å². The lowest BCUT2D eigenvalue weighted by atomic mass is 9.91. The van der Waals surface area contributed by atoms with Crippen LogP contribution >= 0.6 is 0 Å². The quantitative estimate of drug-likeness (QED) is 0.495. The fourth-order valence-electron chi connectivity index (χ4n) is 2.75. The van der Waals surface area contributed by atoms with Crippen molar-refractivity contribution in [2.45, 2.75) is 26.4 Å². The van der Waals surface area contributed by atoms with E-state index in [1.54, 1.807) is 0 Å². The molecule has 33 heavy (non-hydrogen) atoms. The first kappa shape index (κ1) is 28.0. The van der Waals surface area contributed by atoms with Crippen molar-refractivity contribution >= 4 is 17.3 Å². The molecule has 0 saturated heterocycles. The lowest BCUT2D eigenvalue weighted by Crippen LogP contribution is -2.34. The molecule has 0 fully saturated rings. The minimum Gasteiger partial charge on any atom is -0.400 e. The second kappa shape index (κ2) is 11.7. The molecule has 2 N–H and O–H groups in total. The Labute approximate surface area is 182 Å². The number of carbonyl (C=O) groups excluding carboxylic acids is 1. The Bertz CT molecular complexity index is 986. The molecule has 182 valence electrons. The molecule has 1 aliphatic heterocycles. The van der Waals surface area contributed by atoms with Crippen LogP contribution in [0.5, 0.6) is 0 Å². The molecule has 0 aliphatic carbocycles. The summed E-state index contributed by atoms with van der Waals surface area (Å²) < 4.78 is 106. The van der Waals surface area contributed by atoms with Crippen molar-refractivity contribution in [3.8, 4) is 0 Å². The van der Waals surface area contributed by atoms with Crippen LogP contribution in [0.3, 0.4) is 0 Å². The first-order chi connectivity index (χ1) is 15.5. The third-order valence-corrected chi connectivity index (χ3v) is 4.11. The standard InChI is InChI=1S/C17H8F8N2O2.C2H6.CH4O/c18-7-1-5(2-8(19)12(7)22)15(28)11-14(16(24)25)26-27(17(11)29)6-3-9(20)13(23)10(21)4-6;2*1-2/h1-4,11,15-16,28H;1-2H3;2H,1H3. The highest BCUT2D eigenvalue weighted by atomic mass is 19.3. The first-order valence-electron chi connectivity index (χ1n) is 9.15. The highest BCUT2D eigenvalue weighted by molar-refractivity contribution is 6.17. The van der Waals surface area contributed by atoms with Gasteiger partial charge in [-0.3, -0.25) is 4.79 Å². The largest absolute Gasteiger partial charge is 0.400 e. The molecule has 1 heterocycles. The van der Waals surface area contributed by atoms with Gasteiger partial charge in [-0.15, -0.1) is 0 Å². The molecule has 2 atom stereocenters. The van der Waals surface area contributed by atoms with Crippen molar-refractivity contribution in [2.24, 2.45) is 11.0 Å². The van der Waals surface area contributed by atoms with Crippen LogP contribution in [0.15, 0.2) is 29.4 Å². The summed E-state index contributed by atoms with van der Waals surface area (Å²) in [5, 5.41) is 20.6. The average Bonchev–Trinajstić information content (AvgIpc) is 3.14. The number of hydrazone groups is 1. The van der Waals surface area contributed by atoms with Gasteiger partial charge in [-0.25, -0.2) is 35.1 Å². The fourth-order valence-corrected chi connectivity index (χ4v) is 2.75. The monoisotopic (exact) mass is 486 g/mol. The summed E-state index contributed by atoms with van der Waals surface area (Å²) in [5.74, 6) is -14.4. The molecule has 13 heteroatoms. The summed E-state index contributed by atoms with van der Waals surface area (Å²) in [4.78, 5) is 12.5. The number of alkyl halides is 2. The molecule has 2 aromatic carbocycles. The van der Waals surface area contributed by atoms with Crippen LogP contribution in [0.2, 0.25) is 0 Å². The Balaban J connectivity index is 0.00000129. The summed E-state index contributed by atoms with van der Waals surface area (Å²) in [7, 11) is 1.00. The third kappa shape index (κ3) is 5.66. The number of aliphatic hydroxyl groups excluding tert-OH is 2. The number of rotatable bonds is 4. The predicted octanol–water partition coefficient (Wildman–Crippen LogP) is 4.47. The van der Waals surface area contributed by atoms with Gasteiger partial charge in [0, 0.05) is 19.2 Å². The molecule has 1 amide bonds. The second-order valence-electron chi connectivity index (χ2n) is 5.92. The SMILES string of the molecule is CC.CO.O=C1C(C(O)c2cc(F)c(F)c(F)c2)C(C(F)F)=NN1c1cc(F)c(F)c(F)c1. The maximum absolute atomic E-state index is 13.4. The summed E-state index contributed by atoms with van der Waals surface area (Å²) in [6, 6.07) is 1.18. The third-order valence-electron chi connectivity index (χ3n) is 4.11. The number of hydrogen-bond acceptors (Lipinski definition) is 4. The normalized spacial score (nSPS) is 16.1. The van der Waals surface area contributed by atoms with Crippen molar-refractivity contribution in [1.29, 1.82) is 0 Å². The molecule has 2 unspecified atom stereocenters. The van der Waals surface area contributed by atoms with Crippen LogP contribution in [0.4, 0.5) is 40.8 Å². The molecule has 0 spiro atoms. The van der Waals surface area contributed by atoms with Gasteiger partial charge in [-0.05, 0) is 17.7 Å². The molecular weight excluding hydrogens is 468 g/mol. The number of amides is 1. The number of anilines is 1. The van der Waals surface area contributed by atoms with Crippen LogP contribution < -0.4 is 5.01 Å². The van der Waals surface area contributed by atoms with Crippen molar-refractivity contribution in [3.05, 3.63) is 64.7 Å². The van der Waals surface area contributed by atoms with E-state index in [9.17, 15) is 45.0 Å². The summed E-state index contributed by atoms with van der Waals surface area (Å²) in [6.45, 7) is 4.00. The van der Waals surface area contributed by atoms with E-state index in [4.69, 9.17) is 5.11 Å². The Kier molecular flexibility index (Phi) is 9.92. The van der Waals surface area contributed by atoms with Crippen molar-refractivity contribution < 1.29 is 50.1 Å². The number of benzene rings is 2. The van der Waals surface area contributed by atoms with Gasteiger partial charge >= 0.3 is 0 Å². The zero-order chi connectivity index (χ0) is 25.6. The van der Waals surface area contributed by atoms with Crippen molar-refractivity contribution in [1.82, 2.24) is 0 Å². The minimum atomic E-state index is -3.46. The number of aliphatic hydroxyl groups is 2. The predicted molar refractivity (Wildman–Crippen MR) is 101 cm³/mol. The topological polar surface area (TPSA) is 73.1 Å². The average molecular weight is 486 g/mol. The van der Waals surface area contributed by atoms with Crippen LogP contribution in [0, 0.1) is 40.8 Å². The molecule has 0 aromatic heterocycles.